The zero-order valence-corrected chi connectivity index (χ0v) is 13.8. The third-order valence-corrected chi connectivity index (χ3v) is 5.97. The molecular formula is C19H31NO. The third-order valence-electron chi connectivity index (χ3n) is 5.97. The van der Waals surface area contributed by atoms with Crippen LogP contribution in [0, 0.1) is 11.8 Å². The van der Waals surface area contributed by atoms with Crippen LogP contribution in [0.15, 0.2) is 24.3 Å². The van der Waals surface area contributed by atoms with Gasteiger partial charge in [0.15, 0.2) is 0 Å². The Morgan fingerprint density at radius 3 is 2.76 bits per heavy atom. The highest BCUT2D eigenvalue weighted by molar-refractivity contribution is 5.22. The minimum absolute atomic E-state index is 0.180. The number of fused-ring (bicyclic) bond motifs is 3. The van der Waals surface area contributed by atoms with Gasteiger partial charge in [-0.05, 0) is 51.2 Å². The molecular weight excluding hydrogens is 258 g/mol. The maximum absolute atomic E-state index is 6.65. The molecule has 3 aliphatic rings. The molecule has 0 spiro atoms. The summed E-state index contributed by atoms with van der Waals surface area (Å²) in [5.41, 5.74) is 0.180. The Labute approximate surface area is 130 Å². The maximum atomic E-state index is 6.65. The number of hydrogen-bond donors (Lipinski definition) is 0. The normalized spacial score (nSPS) is 37.8. The van der Waals surface area contributed by atoms with E-state index in [4.69, 9.17) is 4.74 Å². The zero-order valence-electron chi connectivity index (χ0n) is 13.8. The minimum Gasteiger partial charge on any atom is -0.367 e. The van der Waals surface area contributed by atoms with Crippen LogP contribution in [0.2, 0.25) is 0 Å². The second-order valence-corrected chi connectivity index (χ2v) is 6.98. The first-order chi connectivity index (χ1) is 10.3. The Morgan fingerprint density at radius 2 is 1.95 bits per heavy atom. The highest BCUT2D eigenvalue weighted by Gasteiger charge is 2.53. The van der Waals surface area contributed by atoms with Crippen LogP contribution in [-0.4, -0.2) is 36.2 Å². The molecule has 0 amide bonds. The van der Waals surface area contributed by atoms with Crippen molar-refractivity contribution in [2.45, 2.75) is 64.1 Å². The van der Waals surface area contributed by atoms with Crippen molar-refractivity contribution in [2.24, 2.45) is 11.8 Å². The molecule has 0 aromatic carbocycles. The number of hydrogen-bond acceptors (Lipinski definition) is 2. The summed E-state index contributed by atoms with van der Waals surface area (Å²) >= 11 is 0. The third kappa shape index (κ3) is 2.98. The number of rotatable bonds is 6. The summed E-state index contributed by atoms with van der Waals surface area (Å²) in [5, 5.41) is 0. The van der Waals surface area contributed by atoms with Gasteiger partial charge in [0.05, 0.1) is 11.7 Å². The lowest BCUT2D eigenvalue weighted by Gasteiger charge is -2.40. The van der Waals surface area contributed by atoms with E-state index in [2.05, 4.69) is 43.1 Å². The van der Waals surface area contributed by atoms with Crippen molar-refractivity contribution in [3.63, 3.8) is 0 Å². The topological polar surface area (TPSA) is 12.5 Å². The Morgan fingerprint density at radius 1 is 1.14 bits per heavy atom. The number of allylic oxidation sites excluding steroid dienone is 2. The Balaban J connectivity index is 1.66. The zero-order chi connectivity index (χ0) is 14.7. The second kappa shape index (κ2) is 6.66. The molecule has 2 aliphatic carbocycles. The molecule has 4 unspecified atom stereocenters. The quantitative estimate of drug-likeness (QED) is 0.727. The van der Waals surface area contributed by atoms with E-state index in [1.165, 1.54) is 58.2 Å². The van der Waals surface area contributed by atoms with Gasteiger partial charge in [-0.1, -0.05) is 51.0 Å². The largest absolute Gasteiger partial charge is 0.367 e. The van der Waals surface area contributed by atoms with Gasteiger partial charge in [0, 0.05) is 5.92 Å². The SMILES string of the molecule is CCN(CC)CCCC12CCCCC1C1C=CC=CC1O2. The smallest absolute Gasteiger partial charge is 0.0832 e. The molecule has 2 fully saturated rings. The molecule has 2 heteroatoms. The van der Waals surface area contributed by atoms with Crippen LogP contribution in [0.5, 0.6) is 0 Å². The van der Waals surface area contributed by atoms with Crippen LogP contribution in [0.25, 0.3) is 0 Å². The van der Waals surface area contributed by atoms with Gasteiger partial charge in [0.2, 0.25) is 0 Å². The molecule has 118 valence electrons. The van der Waals surface area contributed by atoms with Crippen molar-refractivity contribution in [1.29, 1.82) is 0 Å². The monoisotopic (exact) mass is 289 g/mol. The van der Waals surface area contributed by atoms with Gasteiger partial charge in [-0.2, -0.15) is 0 Å². The van der Waals surface area contributed by atoms with Crippen LogP contribution >= 0.6 is 0 Å². The molecule has 0 aromatic heterocycles. The van der Waals surface area contributed by atoms with Gasteiger partial charge < -0.3 is 9.64 Å². The van der Waals surface area contributed by atoms with Gasteiger partial charge in [-0.15, -0.1) is 0 Å². The van der Waals surface area contributed by atoms with Gasteiger partial charge in [-0.3, -0.25) is 0 Å². The Hall–Kier alpha value is -0.600. The van der Waals surface area contributed by atoms with E-state index in [9.17, 15) is 0 Å². The molecule has 3 rings (SSSR count). The lowest BCUT2D eigenvalue weighted by molar-refractivity contribution is -0.0713. The Bertz CT molecular complexity index is 398. The molecule has 0 radical (unpaired) electrons. The average molecular weight is 289 g/mol. The standard InChI is InChI=1S/C19H31NO/c1-3-20(4-2)15-9-14-19-13-8-7-11-17(19)16-10-5-6-12-18(16)21-19/h5-6,10,12,16-18H,3-4,7-9,11,13-15H2,1-2H3. The average Bonchev–Trinajstić information content (AvgIpc) is 2.86. The minimum atomic E-state index is 0.180. The summed E-state index contributed by atoms with van der Waals surface area (Å²) in [6, 6.07) is 0. The number of ether oxygens (including phenoxy) is 1. The predicted octanol–water partition coefficient (Wildman–Crippen LogP) is 4.18. The second-order valence-electron chi connectivity index (χ2n) is 6.98. The molecule has 2 nitrogen and oxygen atoms in total. The van der Waals surface area contributed by atoms with Crippen LogP contribution in [0.3, 0.4) is 0 Å². The summed E-state index contributed by atoms with van der Waals surface area (Å²) in [7, 11) is 0. The highest BCUT2D eigenvalue weighted by atomic mass is 16.5. The molecule has 0 N–H and O–H groups in total. The first-order valence-corrected chi connectivity index (χ1v) is 9.04. The fourth-order valence-electron chi connectivity index (χ4n) is 4.79. The van der Waals surface area contributed by atoms with E-state index in [0.29, 0.717) is 12.0 Å². The summed E-state index contributed by atoms with van der Waals surface area (Å²) in [4.78, 5) is 2.54. The van der Waals surface area contributed by atoms with Crippen molar-refractivity contribution in [2.75, 3.05) is 19.6 Å². The molecule has 1 saturated carbocycles. The van der Waals surface area contributed by atoms with Crippen molar-refractivity contribution < 1.29 is 4.74 Å². The lowest BCUT2D eigenvalue weighted by atomic mass is 9.68. The van der Waals surface area contributed by atoms with Crippen molar-refractivity contribution in [3.8, 4) is 0 Å². The molecule has 1 heterocycles. The molecule has 0 bridgehead atoms. The number of nitrogens with zero attached hydrogens (tertiary/aromatic N) is 1. The molecule has 1 aliphatic heterocycles. The fourth-order valence-corrected chi connectivity index (χ4v) is 4.79. The van der Waals surface area contributed by atoms with E-state index in [1.54, 1.807) is 0 Å². The van der Waals surface area contributed by atoms with E-state index < -0.39 is 0 Å². The Kier molecular flexibility index (Phi) is 4.85. The summed E-state index contributed by atoms with van der Waals surface area (Å²) in [6.07, 6.45) is 17.4. The van der Waals surface area contributed by atoms with Gasteiger partial charge >= 0.3 is 0 Å². The predicted molar refractivity (Wildman–Crippen MR) is 88.4 cm³/mol. The lowest BCUT2D eigenvalue weighted by Crippen LogP contribution is -2.40. The van der Waals surface area contributed by atoms with Crippen LogP contribution in [0.4, 0.5) is 0 Å². The van der Waals surface area contributed by atoms with Gasteiger partial charge in [0.1, 0.15) is 0 Å². The first kappa shape index (κ1) is 15.3. The van der Waals surface area contributed by atoms with Crippen LogP contribution in [0.1, 0.15) is 52.4 Å². The highest BCUT2D eigenvalue weighted by Crippen LogP contribution is 2.52. The van der Waals surface area contributed by atoms with Crippen LogP contribution < -0.4 is 0 Å². The summed E-state index contributed by atoms with van der Waals surface area (Å²) in [5.74, 6) is 1.40. The summed E-state index contributed by atoms with van der Waals surface area (Å²) < 4.78 is 6.65. The van der Waals surface area contributed by atoms with E-state index in [0.717, 1.165) is 5.92 Å². The molecule has 1 saturated heterocycles. The summed E-state index contributed by atoms with van der Waals surface area (Å²) in [6.45, 7) is 8.10. The molecule has 0 aromatic rings. The van der Waals surface area contributed by atoms with Crippen molar-refractivity contribution >= 4 is 0 Å². The maximum Gasteiger partial charge on any atom is 0.0832 e. The fraction of sp³-hybridized carbons (Fsp3) is 0.789. The van der Waals surface area contributed by atoms with E-state index >= 15 is 0 Å². The van der Waals surface area contributed by atoms with Crippen molar-refractivity contribution in [1.82, 2.24) is 4.90 Å². The van der Waals surface area contributed by atoms with Crippen LogP contribution in [-0.2, 0) is 4.74 Å². The molecule has 4 atom stereocenters. The van der Waals surface area contributed by atoms with Crippen molar-refractivity contribution in [3.05, 3.63) is 24.3 Å². The van der Waals surface area contributed by atoms with Gasteiger partial charge in [0.25, 0.3) is 0 Å². The van der Waals surface area contributed by atoms with E-state index in [-0.39, 0.29) is 5.60 Å². The van der Waals surface area contributed by atoms with E-state index in [1.807, 2.05) is 0 Å². The first-order valence-electron chi connectivity index (χ1n) is 9.04. The molecule has 21 heavy (non-hydrogen) atoms. The van der Waals surface area contributed by atoms with Gasteiger partial charge in [-0.25, -0.2) is 0 Å².